The molecule has 0 aromatic heterocycles. The Morgan fingerprint density at radius 3 is 2.25 bits per heavy atom. The molecule has 4 heterocycles. The highest BCUT2D eigenvalue weighted by Crippen LogP contribution is 2.41. The number of ether oxygens (including phenoxy) is 7. The van der Waals surface area contributed by atoms with Crippen LogP contribution < -0.4 is 0 Å². The van der Waals surface area contributed by atoms with Crippen molar-refractivity contribution in [2.75, 3.05) is 40.6 Å². The van der Waals surface area contributed by atoms with Crippen LogP contribution in [0.5, 0.6) is 0 Å². The molecule has 0 spiro atoms. The summed E-state index contributed by atoms with van der Waals surface area (Å²) >= 11 is 0. The van der Waals surface area contributed by atoms with Gasteiger partial charge in [0.05, 0.1) is 57.4 Å². The number of carbonyl (C=O) groups excluding carboxylic acids is 2. The van der Waals surface area contributed by atoms with Crippen LogP contribution in [0.25, 0.3) is 0 Å². The van der Waals surface area contributed by atoms with E-state index in [-0.39, 0.29) is 49.0 Å². The number of carbonyl (C=O) groups is 2. The van der Waals surface area contributed by atoms with E-state index in [2.05, 4.69) is 0 Å². The van der Waals surface area contributed by atoms with Gasteiger partial charge in [-0.3, -0.25) is 9.59 Å². The summed E-state index contributed by atoms with van der Waals surface area (Å²) in [6, 6.07) is -0.884. The zero-order valence-electron chi connectivity index (χ0n) is 41.1. The Balaban J connectivity index is 1.77. The Kier molecular flexibility index (Phi) is 20.4. The topological polar surface area (TPSA) is 203 Å². The summed E-state index contributed by atoms with van der Waals surface area (Å²) < 4.78 is 57.2. The Labute approximate surface area is 389 Å². The number of methoxy groups -OCH3 is 1. The Bertz CT molecular complexity index is 1530. The molecule has 1 unspecified atom stereocenters. The van der Waals surface area contributed by atoms with Crippen LogP contribution in [0.15, 0.2) is 0 Å². The quantitative estimate of drug-likeness (QED) is 0.116. The number of aliphatic hydroxyl groups is 4. The van der Waals surface area contributed by atoms with Crippen LogP contribution in [0.4, 0.5) is 0 Å². The first-order chi connectivity index (χ1) is 29.8. The summed E-state index contributed by atoms with van der Waals surface area (Å²) in [7, 11) is 7.76. The number of rotatable bonds is 13. The lowest BCUT2D eigenvalue weighted by atomic mass is 9.77. The molecule has 4 aliphatic rings. The van der Waals surface area contributed by atoms with Gasteiger partial charge in [-0.25, -0.2) is 4.21 Å². The van der Waals surface area contributed by atoms with Crippen molar-refractivity contribution in [2.45, 2.75) is 223 Å². The monoisotopic (exact) mass is 953 g/mol. The minimum absolute atomic E-state index is 0.102. The van der Waals surface area contributed by atoms with Crippen molar-refractivity contribution in [2.24, 2.45) is 17.8 Å². The van der Waals surface area contributed by atoms with Gasteiger partial charge in [-0.1, -0.05) is 38.0 Å². The Morgan fingerprint density at radius 2 is 1.66 bits per heavy atom. The fourth-order valence-corrected chi connectivity index (χ4v) is 13.9. The zero-order valence-corrected chi connectivity index (χ0v) is 42.7. The summed E-state index contributed by atoms with van der Waals surface area (Å²) in [6.45, 7) is 18.0. The molecule has 4 saturated heterocycles. The van der Waals surface area contributed by atoms with E-state index in [9.17, 15) is 34.2 Å². The SMILES string of the molecule is CC[C@H]1OC(=O)[C@H](C)[C@@H](O[C@H]2C[C@@](C)(OC)[C@@H](O)[C@H](C)O2)[C@H](C)[C@@H](O[C@@H]2O[C@H](C)C[C@H](N(C)C)[C@H]2OC(=O)CCCC[C@@H]2CCSS2=O)[C@](C)(O)C[C@@H](C)CN(C)[C@H](C)[C@@H](O)[C@]1(C)O. The maximum absolute atomic E-state index is 14.5. The molecule has 374 valence electrons. The Hall–Kier alpha value is -1.00. The van der Waals surface area contributed by atoms with Gasteiger partial charge in [-0.15, -0.1) is 0 Å². The van der Waals surface area contributed by atoms with E-state index in [1.165, 1.54) is 24.8 Å². The van der Waals surface area contributed by atoms with E-state index >= 15 is 0 Å². The normalized spacial score (nSPS) is 46.0. The third kappa shape index (κ3) is 13.6. The minimum atomic E-state index is -1.83. The second-order valence-corrected chi connectivity index (χ2v) is 23.9. The zero-order chi connectivity index (χ0) is 48.1. The highest BCUT2D eigenvalue weighted by molar-refractivity contribution is 8.69. The number of hydrogen-bond donors (Lipinski definition) is 4. The molecule has 0 amide bonds. The largest absolute Gasteiger partial charge is 0.459 e. The van der Waals surface area contributed by atoms with Crippen LogP contribution >= 0.6 is 10.8 Å². The van der Waals surface area contributed by atoms with Crippen LogP contribution in [0.2, 0.25) is 0 Å². The lowest BCUT2D eigenvalue weighted by Gasteiger charge is -2.49. The maximum Gasteiger partial charge on any atom is 0.311 e. The predicted molar refractivity (Wildman–Crippen MR) is 246 cm³/mol. The van der Waals surface area contributed by atoms with Gasteiger partial charge in [0.15, 0.2) is 18.7 Å². The van der Waals surface area contributed by atoms with Gasteiger partial charge in [0.25, 0.3) is 0 Å². The second-order valence-electron chi connectivity index (χ2n) is 20.4. The maximum atomic E-state index is 14.5. The van der Waals surface area contributed by atoms with E-state index in [1.54, 1.807) is 41.5 Å². The van der Waals surface area contributed by atoms with Crippen molar-refractivity contribution in [3.8, 4) is 0 Å². The molecule has 0 aromatic carbocycles. The van der Waals surface area contributed by atoms with Gasteiger partial charge in [0.2, 0.25) is 0 Å². The van der Waals surface area contributed by atoms with Gasteiger partial charge >= 0.3 is 11.9 Å². The number of nitrogens with zero attached hydrogens (tertiary/aromatic N) is 2. The van der Waals surface area contributed by atoms with Crippen molar-refractivity contribution >= 4 is 32.6 Å². The molecule has 4 rings (SSSR count). The average molecular weight is 953 g/mol. The number of esters is 2. The first-order valence-corrected chi connectivity index (χ1v) is 26.3. The molecule has 4 aliphatic heterocycles. The first kappa shape index (κ1) is 55.6. The highest BCUT2D eigenvalue weighted by atomic mass is 33.1. The molecule has 64 heavy (non-hydrogen) atoms. The molecule has 0 aliphatic carbocycles. The summed E-state index contributed by atoms with van der Waals surface area (Å²) in [5.74, 6) is -2.30. The van der Waals surface area contributed by atoms with Crippen molar-refractivity contribution in [3.05, 3.63) is 0 Å². The summed E-state index contributed by atoms with van der Waals surface area (Å²) in [4.78, 5) is 32.1. The van der Waals surface area contributed by atoms with Crippen molar-refractivity contribution in [1.82, 2.24) is 9.80 Å². The first-order valence-electron chi connectivity index (χ1n) is 23.6. The molecule has 20 atom stereocenters. The van der Waals surface area contributed by atoms with E-state index < -0.39 is 112 Å². The standard InChI is InChI=1S/C46H84N2O14S2/c1-15-34-46(10,54)39(50)30(6)48(13)25-26(2)23-44(8,53)41(28(4)37(29(5)42(52)59-34)61-36-24-45(9,56-14)40(51)31(7)58-36)62-43-38(33(47(11)12)22-27(3)57-43)60-35(49)19-17-16-18-32-20-21-63-64(32)55/h26-34,36-41,43,50-51,53-54H,15-25H2,1-14H3/t26-,27-,28+,29-,30-,31+,32-,33+,34-,36+,37+,38-,39-,40+,41-,43+,44-,45-,46-,64?/m1/s1. The lowest BCUT2D eigenvalue weighted by molar-refractivity contribution is -0.319. The van der Waals surface area contributed by atoms with Crippen LogP contribution in [0.1, 0.15) is 127 Å². The molecule has 4 N–H and O–H groups in total. The molecule has 0 radical (unpaired) electrons. The molecular weight excluding hydrogens is 869 g/mol. The second kappa shape index (κ2) is 23.5. The van der Waals surface area contributed by atoms with Crippen molar-refractivity contribution < 1.29 is 67.4 Å². The molecule has 16 nitrogen and oxygen atoms in total. The molecule has 0 bridgehead atoms. The fraction of sp³-hybridized carbons (Fsp3) is 0.957. The summed E-state index contributed by atoms with van der Waals surface area (Å²) in [5.41, 5.74) is -4.53. The number of cyclic esters (lactones) is 1. The lowest BCUT2D eigenvalue weighted by Crippen LogP contribution is -2.61. The minimum Gasteiger partial charge on any atom is -0.459 e. The molecule has 0 saturated carbocycles. The fourth-order valence-electron chi connectivity index (χ4n) is 10.4. The van der Waals surface area contributed by atoms with Gasteiger partial charge in [-0.2, -0.15) is 0 Å². The number of likely N-dealkylation sites (N-methyl/N-ethyl adjacent to an activating group) is 2. The molecule has 0 aromatic rings. The van der Waals surface area contributed by atoms with Crippen molar-refractivity contribution in [3.63, 3.8) is 0 Å². The van der Waals surface area contributed by atoms with Gasteiger partial charge in [0.1, 0.15) is 23.9 Å². The van der Waals surface area contributed by atoms with E-state index in [0.717, 1.165) is 25.0 Å². The molecule has 4 fully saturated rings. The number of unbranched alkanes of at least 4 members (excludes halogenated alkanes) is 1. The predicted octanol–water partition coefficient (Wildman–Crippen LogP) is 4.18. The third-order valence-electron chi connectivity index (χ3n) is 14.5. The smallest absolute Gasteiger partial charge is 0.311 e. The van der Waals surface area contributed by atoms with E-state index in [4.69, 9.17) is 33.2 Å². The van der Waals surface area contributed by atoms with Gasteiger partial charge < -0.3 is 63.4 Å². The van der Waals surface area contributed by atoms with Crippen LogP contribution in [-0.2, 0) is 52.6 Å². The van der Waals surface area contributed by atoms with Crippen LogP contribution in [-0.4, -0.2) is 182 Å². The van der Waals surface area contributed by atoms with Crippen LogP contribution in [0, 0.1) is 17.8 Å². The average Bonchev–Trinajstić information content (AvgIpc) is 3.63. The summed E-state index contributed by atoms with van der Waals surface area (Å²) in [6.07, 6.45) is -5.41. The number of aliphatic hydroxyl groups excluding tert-OH is 2. The van der Waals surface area contributed by atoms with Crippen molar-refractivity contribution in [1.29, 1.82) is 0 Å². The molecular formula is C46H84N2O14S2. The van der Waals surface area contributed by atoms with E-state index in [1.807, 2.05) is 51.7 Å². The van der Waals surface area contributed by atoms with Gasteiger partial charge in [-0.05, 0) is 114 Å². The highest BCUT2D eigenvalue weighted by Gasteiger charge is 2.53. The number of hydrogen-bond acceptors (Lipinski definition) is 17. The molecule has 18 heteroatoms. The van der Waals surface area contributed by atoms with Gasteiger partial charge in [0, 0.05) is 49.5 Å². The Morgan fingerprint density at radius 1 is 0.984 bits per heavy atom. The third-order valence-corrected chi connectivity index (χ3v) is 18.2. The summed E-state index contributed by atoms with van der Waals surface area (Å²) in [5, 5.41) is 47.6. The van der Waals surface area contributed by atoms with E-state index in [0.29, 0.717) is 19.4 Å². The van der Waals surface area contributed by atoms with Crippen LogP contribution in [0.3, 0.4) is 0 Å².